The summed E-state index contributed by atoms with van der Waals surface area (Å²) in [5, 5.41) is 1.38. The summed E-state index contributed by atoms with van der Waals surface area (Å²) in [7, 11) is 4.70. The maximum atomic E-state index is 11.8. The molecule has 0 fully saturated rings. The summed E-state index contributed by atoms with van der Waals surface area (Å²) in [4.78, 5) is 16.0. The van der Waals surface area contributed by atoms with Gasteiger partial charge in [-0.2, -0.15) is 0 Å². The van der Waals surface area contributed by atoms with Crippen molar-refractivity contribution in [3.05, 3.63) is 36.2 Å². The molecule has 7 heteroatoms. The van der Waals surface area contributed by atoms with E-state index in [1.807, 2.05) is 32.0 Å². The molecule has 0 atom stereocenters. The van der Waals surface area contributed by atoms with Gasteiger partial charge in [0.25, 0.3) is 0 Å². The van der Waals surface area contributed by atoms with Gasteiger partial charge in [-0.3, -0.25) is 9.78 Å². The van der Waals surface area contributed by atoms with E-state index in [4.69, 9.17) is 23.7 Å². The topological polar surface area (TPSA) is 76.1 Å². The van der Waals surface area contributed by atoms with Crippen molar-refractivity contribution in [2.75, 3.05) is 34.5 Å². The first-order valence-electron chi connectivity index (χ1n) is 9.59. The summed E-state index contributed by atoms with van der Waals surface area (Å²) in [6.07, 6.45) is 3.97. The number of fused-ring (bicyclic) bond motifs is 1. The minimum atomic E-state index is 0.440. The Balaban J connectivity index is 2.41. The minimum absolute atomic E-state index is 0.440. The van der Waals surface area contributed by atoms with Crippen LogP contribution in [0.5, 0.6) is 28.7 Å². The smallest absolute Gasteiger partial charge is 0.203 e. The molecule has 2 aromatic carbocycles. The second kappa shape index (κ2) is 9.35. The zero-order valence-electron chi connectivity index (χ0n) is 17.8. The Labute approximate surface area is 175 Å². The number of hydrogen-bond acceptors (Lipinski definition) is 7. The van der Waals surface area contributed by atoms with Gasteiger partial charge in [0.05, 0.1) is 34.5 Å². The predicted molar refractivity (Wildman–Crippen MR) is 115 cm³/mol. The normalized spacial score (nSPS) is 10.6. The van der Waals surface area contributed by atoms with Crippen LogP contribution in [0.1, 0.15) is 24.2 Å². The Morgan fingerprint density at radius 1 is 0.833 bits per heavy atom. The lowest BCUT2D eigenvalue weighted by Gasteiger charge is -2.19. The molecule has 0 unspecified atom stereocenters. The standard InChI is InChI=1S/C23H25NO6/c1-6-29-20-10-16(21-15(13-25)11-24-12-17(21)22(20)28-5)14-8-18(26-3)23(30-7-2)19(9-14)27-4/h8-13H,6-7H2,1-5H3. The molecule has 7 nitrogen and oxygen atoms in total. The lowest BCUT2D eigenvalue weighted by molar-refractivity contribution is 0.112. The number of ether oxygens (including phenoxy) is 5. The number of methoxy groups -OCH3 is 3. The second-order valence-electron chi connectivity index (χ2n) is 6.30. The van der Waals surface area contributed by atoms with Gasteiger partial charge in [0.15, 0.2) is 29.3 Å². The van der Waals surface area contributed by atoms with E-state index in [2.05, 4.69) is 4.98 Å². The van der Waals surface area contributed by atoms with Gasteiger partial charge in [-0.1, -0.05) is 0 Å². The third kappa shape index (κ3) is 3.70. The second-order valence-corrected chi connectivity index (χ2v) is 6.30. The molecule has 0 amide bonds. The van der Waals surface area contributed by atoms with E-state index in [0.29, 0.717) is 58.3 Å². The molecule has 0 saturated heterocycles. The fourth-order valence-electron chi connectivity index (χ4n) is 3.46. The Morgan fingerprint density at radius 2 is 1.50 bits per heavy atom. The molecular weight excluding hydrogens is 386 g/mol. The van der Waals surface area contributed by atoms with Gasteiger partial charge in [0, 0.05) is 28.7 Å². The quantitative estimate of drug-likeness (QED) is 0.479. The number of benzene rings is 2. The molecule has 1 heterocycles. The van der Waals surface area contributed by atoms with E-state index in [0.717, 1.165) is 17.4 Å². The summed E-state index contributed by atoms with van der Waals surface area (Å²) in [6.45, 7) is 4.71. The van der Waals surface area contributed by atoms with E-state index in [-0.39, 0.29) is 0 Å². The summed E-state index contributed by atoms with van der Waals surface area (Å²) in [5.41, 5.74) is 1.98. The number of pyridine rings is 1. The van der Waals surface area contributed by atoms with Gasteiger partial charge in [0.2, 0.25) is 5.75 Å². The van der Waals surface area contributed by atoms with Crippen LogP contribution in [-0.4, -0.2) is 45.8 Å². The van der Waals surface area contributed by atoms with E-state index < -0.39 is 0 Å². The van der Waals surface area contributed by atoms with Crippen LogP contribution in [-0.2, 0) is 0 Å². The fraction of sp³-hybridized carbons (Fsp3) is 0.304. The van der Waals surface area contributed by atoms with Crippen molar-refractivity contribution in [2.45, 2.75) is 13.8 Å². The van der Waals surface area contributed by atoms with Gasteiger partial charge in [0.1, 0.15) is 0 Å². The Hall–Kier alpha value is -3.48. The van der Waals surface area contributed by atoms with Crippen LogP contribution in [0, 0.1) is 0 Å². The van der Waals surface area contributed by atoms with Gasteiger partial charge < -0.3 is 23.7 Å². The summed E-state index contributed by atoms with van der Waals surface area (Å²) < 4.78 is 28.2. The highest BCUT2D eigenvalue weighted by Gasteiger charge is 2.21. The molecule has 0 bridgehead atoms. The zero-order chi connectivity index (χ0) is 21.7. The molecule has 30 heavy (non-hydrogen) atoms. The van der Waals surface area contributed by atoms with Crippen molar-refractivity contribution in [2.24, 2.45) is 0 Å². The Morgan fingerprint density at radius 3 is 2.03 bits per heavy atom. The van der Waals surface area contributed by atoms with Crippen LogP contribution in [0.3, 0.4) is 0 Å². The number of aromatic nitrogens is 1. The molecular formula is C23H25NO6. The van der Waals surface area contributed by atoms with Crippen molar-refractivity contribution < 1.29 is 28.5 Å². The van der Waals surface area contributed by atoms with Crippen molar-refractivity contribution >= 4 is 17.1 Å². The Bertz CT molecular complexity index is 1040. The predicted octanol–water partition coefficient (Wildman–Crippen LogP) is 4.54. The van der Waals surface area contributed by atoms with Crippen molar-refractivity contribution in [3.8, 4) is 39.9 Å². The number of aldehydes is 1. The molecule has 3 rings (SSSR count). The first-order chi connectivity index (χ1) is 14.6. The number of carbonyl (C=O) groups excluding carboxylic acids is 1. The first-order valence-corrected chi connectivity index (χ1v) is 9.59. The van der Waals surface area contributed by atoms with Crippen LogP contribution in [0.15, 0.2) is 30.6 Å². The molecule has 0 spiro atoms. The summed E-state index contributed by atoms with van der Waals surface area (Å²) in [6, 6.07) is 5.55. The lowest BCUT2D eigenvalue weighted by atomic mass is 9.94. The summed E-state index contributed by atoms with van der Waals surface area (Å²) >= 11 is 0. The molecule has 0 saturated carbocycles. The monoisotopic (exact) mass is 411 g/mol. The highest BCUT2D eigenvalue weighted by atomic mass is 16.5. The number of nitrogens with zero attached hydrogens (tertiary/aromatic N) is 1. The van der Waals surface area contributed by atoms with Crippen LogP contribution in [0.25, 0.3) is 21.9 Å². The molecule has 158 valence electrons. The van der Waals surface area contributed by atoms with Crippen LogP contribution >= 0.6 is 0 Å². The lowest BCUT2D eigenvalue weighted by Crippen LogP contribution is -2.01. The maximum absolute atomic E-state index is 11.8. The maximum Gasteiger partial charge on any atom is 0.203 e. The number of rotatable bonds is 9. The van der Waals surface area contributed by atoms with Crippen molar-refractivity contribution in [1.29, 1.82) is 0 Å². The van der Waals surface area contributed by atoms with Gasteiger partial charge >= 0.3 is 0 Å². The Kier molecular flexibility index (Phi) is 6.61. The average molecular weight is 411 g/mol. The largest absolute Gasteiger partial charge is 0.493 e. The first kappa shape index (κ1) is 21.2. The SMILES string of the molecule is CCOc1cc(-c2cc(OC)c(OCC)c(OC)c2)c2c(C=O)cncc2c1OC. The van der Waals surface area contributed by atoms with Crippen LogP contribution < -0.4 is 23.7 Å². The van der Waals surface area contributed by atoms with E-state index >= 15 is 0 Å². The van der Waals surface area contributed by atoms with Crippen molar-refractivity contribution in [1.82, 2.24) is 4.98 Å². The molecule has 0 aliphatic heterocycles. The molecule has 3 aromatic rings. The highest BCUT2D eigenvalue weighted by molar-refractivity contribution is 6.09. The van der Waals surface area contributed by atoms with Crippen LogP contribution in [0.2, 0.25) is 0 Å². The fourth-order valence-corrected chi connectivity index (χ4v) is 3.46. The molecule has 0 aliphatic carbocycles. The van der Waals surface area contributed by atoms with Gasteiger partial charge in [-0.25, -0.2) is 0 Å². The molecule has 0 radical (unpaired) electrons. The van der Waals surface area contributed by atoms with Crippen molar-refractivity contribution in [3.63, 3.8) is 0 Å². The zero-order valence-corrected chi connectivity index (χ0v) is 17.8. The summed E-state index contributed by atoms with van der Waals surface area (Å²) in [5.74, 6) is 2.65. The van der Waals surface area contributed by atoms with Gasteiger partial charge in [-0.15, -0.1) is 0 Å². The van der Waals surface area contributed by atoms with E-state index in [1.165, 1.54) is 6.20 Å². The molecule has 0 N–H and O–H groups in total. The average Bonchev–Trinajstić information content (AvgIpc) is 2.78. The third-order valence-corrected chi connectivity index (χ3v) is 4.68. The highest BCUT2D eigenvalue weighted by Crippen LogP contribution is 2.47. The van der Waals surface area contributed by atoms with Gasteiger partial charge in [-0.05, 0) is 43.2 Å². The molecule has 1 aromatic heterocycles. The van der Waals surface area contributed by atoms with E-state index in [1.54, 1.807) is 27.5 Å². The third-order valence-electron chi connectivity index (χ3n) is 4.68. The minimum Gasteiger partial charge on any atom is -0.493 e. The van der Waals surface area contributed by atoms with E-state index in [9.17, 15) is 4.79 Å². The number of hydrogen-bond donors (Lipinski definition) is 0. The number of carbonyl (C=O) groups is 1. The molecule has 0 aliphatic rings. The van der Waals surface area contributed by atoms with Crippen LogP contribution in [0.4, 0.5) is 0 Å².